The Labute approximate surface area is 77.7 Å². The van der Waals surface area contributed by atoms with Gasteiger partial charge in [0.1, 0.15) is 0 Å². The molecular weight excluding hydrogens is 168 g/mol. The number of rotatable bonds is 4. The molecule has 1 aromatic heterocycles. The van der Waals surface area contributed by atoms with Crippen LogP contribution in [0.4, 0.5) is 0 Å². The first-order valence-electron chi connectivity index (χ1n) is 4.48. The first-order chi connectivity index (χ1) is 6.24. The van der Waals surface area contributed by atoms with Gasteiger partial charge < -0.3 is 9.15 Å². The van der Waals surface area contributed by atoms with E-state index in [1.165, 1.54) is 6.26 Å². The Hall–Kier alpha value is -1.25. The summed E-state index contributed by atoms with van der Waals surface area (Å²) in [6.07, 6.45) is 3.31. The van der Waals surface area contributed by atoms with Crippen molar-refractivity contribution in [3.05, 3.63) is 24.2 Å². The van der Waals surface area contributed by atoms with E-state index in [4.69, 9.17) is 9.15 Å². The fourth-order valence-electron chi connectivity index (χ4n) is 1.10. The fourth-order valence-corrected chi connectivity index (χ4v) is 1.10. The molecule has 0 aromatic carbocycles. The largest absolute Gasteiger partial charge is 0.457 e. The molecule has 0 spiro atoms. The molecule has 0 saturated heterocycles. The molecule has 1 unspecified atom stereocenters. The summed E-state index contributed by atoms with van der Waals surface area (Å²) in [6, 6.07) is 3.27. The number of ether oxygens (including phenoxy) is 1. The molecule has 1 atom stereocenters. The predicted molar refractivity (Wildman–Crippen MR) is 48.5 cm³/mol. The van der Waals surface area contributed by atoms with Crippen LogP contribution in [0.5, 0.6) is 0 Å². The molecule has 3 heteroatoms. The smallest absolute Gasteiger partial charge is 0.374 e. The Balaban J connectivity index is 2.42. The Bertz CT molecular complexity index is 251. The molecule has 0 aliphatic rings. The van der Waals surface area contributed by atoms with E-state index in [2.05, 4.69) is 6.92 Å². The van der Waals surface area contributed by atoms with Crippen LogP contribution in [0.25, 0.3) is 0 Å². The average Bonchev–Trinajstić information content (AvgIpc) is 2.55. The molecule has 1 aromatic rings. The van der Waals surface area contributed by atoms with Gasteiger partial charge >= 0.3 is 5.97 Å². The maximum atomic E-state index is 11.3. The van der Waals surface area contributed by atoms with Crippen LogP contribution in [0.15, 0.2) is 22.8 Å². The summed E-state index contributed by atoms with van der Waals surface area (Å²) < 4.78 is 10.0. The van der Waals surface area contributed by atoms with Gasteiger partial charge in [0.05, 0.1) is 12.4 Å². The predicted octanol–water partition coefficient (Wildman–Crippen LogP) is 2.63. The average molecular weight is 182 g/mol. The molecule has 1 heterocycles. The van der Waals surface area contributed by atoms with Gasteiger partial charge in [0, 0.05) is 0 Å². The molecule has 0 radical (unpaired) electrons. The molecule has 0 N–H and O–H groups in total. The Kier molecular flexibility index (Phi) is 3.55. The highest BCUT2D eigenvalue weighted by atomic mass is 16.6. The van der Waals surface area contributed by atoms with Crippen molar-refractivity contribution in [3.8, 4) is 0 Å². The van der Waals surface area contributed by atoms with Crippen LogP contribution in [-0.4, -0.2) is 12.1 Å². The topological polar surface area (TPSA) is 39.4 Å². The quantitative estimate of drug-likeness (QED) is 0.672. The molecule has 72 valence electrons. The van der Waals surface area contributed by atoms with E-state index in [0.29, 0.717) is 0 Å². The third-order valence-electron chi connectivity index (χ3n) is 1.73. The van der Waals surface area contributed by atoms with Gasteiger partial charge in [-0.1, -0.05) is 13.3 Å². The molecule has 1 rings (SSSR count). The minimum Gasteiger partial charge on any atom is -0.457 e. The van der Waals surface area contributed by atoms with Gasteiger partial charge in [-0.05, 0) is 25.5 Å². The molecule has 13 heavy (non-hydrogen) atoms. The minimum absolute atomic E-state index is 0.0393. The molecule has 0 aliphatic heterocycles. The summed E-state index contributed by atoms with van der Waals surface area (Å²) in [5, 5.41) is 0. The van der Waals surface area contributed by atoms with Gasteiger partial charge in [0.2, 0.25) is 5.76 Å². The minimum atomic E-state index is -0.383. The number of carbonyl (C=O) groups is 1. The Morgan fingerprint density at radius 3 is 3.00 bits per heavy atom. The van der Waals surface area contributed by atoms with Crippen LogP contribution in [0.2, 0.25) is 0 Å². The second-order valence-electron chi connectivity index (χ2n) is 2.98. The van der Waals surface area contributed by atoms with E-state index in [9.17, 15) is 4.79 Å². The van der Waals surface area contributed by atoms with Gasteiger partial charge in [-0.15, -0.1) is 0 Å². The molecule has 0 saturated carbocycles. The first-order valence-corrected chi connectivity index (χ1v) is 4.48. The summed E-state index contributed by atoms with van der Waals surface area (Å²) in [4.78, 5) is 11.3. The van der Waals surface area contributed by atoms with Crippen molar-refractivity contribution in [3.63, 3.8) is 0 Å². The fraction of sp³-hybridized carbons (Fsp3) is 0.500. The third-order valence-corrected chi connectivity index (χ3v) is 1.73. The summed E-state index contributed by atoms with van der Waals surface area (Å²) in [7, 11) is 0. The van der Waals surface area contributed by atoms with Gasteiger partial charge in [0.15, 0.2) is 0 Å². The highest BCUT2D eigenvalue weighted by Crippen LogP contribution is 2.07. The summed E-state index contributed by atoms with van der Waals surface area (Å²) >= 11 is 0. The maximum Gasteiger partial charge on any atom is 0.374 e. The third kappa shape index (κ3) is 2.93. The lowest BCUT2D eigenvalue weighted by Gasteiger charge is -2.10. The van der Waals surface area contributed by atoms with Crippen LogP contribution in [0.1, 0.15) is 37.2 Å². The second-order valence-corrected chi connectivity index (χ2v) is 2.98. The van der Waals surface area contributed by atoms with E-state index < -0.39 is 0 Å². The number of carbonyl (C=O) groups excluding carboxylic acids is 1. The van der Waals surface area contributed by atoms with Gasteiger partial charge in [-0.3, -0.25) is 0 Å². The van der Waals surface area contributed by atoms with Crippen molar-refractivity contribution in [1.82, 2.24) is 0 Å². The van der Waals surface area contributed by atoms with Crippen LogP contribution in [-0.2, 0) is 4.74 Å². The number of hydrogen-bond donors (Lipinski definition) is 0. The van der Waals surface area contributed by atoms with E-state index in [0.717, 1.165) is 12.8 Å². The van der Waals surface area contributed by atoms with Crippen molar-refractivity contribution < 1.29 is 13.9 Å². The zero-order valence-corrected chi connectivity index (χ0v) is 7.95. The van der Waals surface area contributed by atoms with Gasteiger partial charge in [-0.2, -0.15) is 0 Å². The molecule has 0 aliphatic carbocycles. The monoisotopic (exact) mass is 182 g/mol. The van der Waals surface area contributed by atoms with Crippen molar-refractivity contribution in [1.29, 1.82) is 0 Å². The summed E-state index contributed by atoms with van der Waals surface area (Å²) in [6.45, 7) is 3.93. The molecule has 3 nitrogen and oxygen atoms in total. The van der Waals surface area contributed by atoms with Crippen LogP contribution in [0.3, 0.4) is 0 Å². The van der Waals surface area contributed by atoms with E-state index in [-0.39, 0.29) is 17.8 Å². The standard InChI is InChI=1S/C10H14O3/c1-3-5-8(2)13-10(11)9-6-4-7-12-9/h4,6-8H,3,5H2,1-2H3. The molecular formula is C10H14O3. The van der Waals surface area contributed by atoms with Crippen molar-refractivity contribution >= 4 is 5.97 Å². The van der Waals surface area contributed by atoms with Gasteiger partial charge in [-0.25, -0.2) is 4.79 Å². The lowest BCUT2D eigenvalue weighted by atomic mass is 10.2. The van der Waals surface area contributed by atoms with E-state index in [1.807, 2.05) is 6.92 Å². The lowest BCUT2D eigenvalue weighted by molar-refractivity contribution is 0.0287. The highest BCUT2D eigenvalue weighted by molar-refractivity contribution is 5.86. The lowest BCUT2D eigenvalue weighted by Crippen LogP contribution is -2.14. The number of hydrogen-bond acceptors (Lipinski definition) is 3. The van der Waals surface area contributed by atoms with Gasteiger partial charge in [0.25, 0.3) is 0 Å². The first kappa shape index (κ1) is 9.84. The van der Waals surface area contributed by atoms with E-state index in [1.54, 1.807) is 12.1 Å². The zero-order chi connectivity index (χ0) is 9.68. The number of furan rings is 1. The zero-order valence-electron chi connectivity index (χ0n) is 7.95. The second kappa shape index (κ2) is 4.70. The molecule has 0 amide bonds. The van der Waals surface area contributed by atoms with Crippen molar-refractivity contribution in [2.45, 2.75) is 32.8 Å². The molecule has 0 bridgehead atoms. The summed E-state index contributed by atoms with van der Waals surface area (Å²) in [5.74, 6) is -0.117. The highest BCUT2D eigenvalue weighted by Gasteiger charge is 2.13. The maximum absolute atomic E-state index is 11.3. The normalized spacial score (nSPS) is 12.5. The van der Waals surface area contributed by atoms with Crippen molar-refractivity contribution in [2.75, 3.05) is 0 Å². The van der Waals surface area contributed by atoms with E-state index >= 15 is 0 Å². The molecule has 0 fully saturated rings. The summed E-state index contributed by atoms with van der Waals surface area (Å²) in [5.41, 5.74) is 0. The van der Waals surface area contributed by atoms with Crippen LogP contribution >= 0.6 is 0 Å². The van der Waals surface area contributed by atoms with Crippen molar-refractivity contribution in [2.24, 2.45) is 0 Å². The van der Waals surface area contributed by atoms with Crippen LogP contribution < -0.4 is 0 Å². The number of esters is 1. The van der Waals surface area contributed by atoms with Crippen LogP contribution in [0, 0.1) is 0 Å². The Morgan fingerprint density at radius 2 is 2.46 bits per heavy atom. The Morgan fingerprint density at radius 1 is 1.69 bits per heavy atom. The SMILES string of the molecule is CCCC(C)OC(=O)c1ccco1.